The second kappa shape index (κ2) is 2.80. The van der Waals surface area contributed by atoms with E-state index in [0.717, 1.165) is 6.20 Å². The van der Waals surface area contributed by atoms with Gasteiger partial charge in [0, 0.05) is 12.6 Å². The molecule has 0 atom stereocenters. The predicted molar refractivity (Wildman–Crippen MR) is 51.6 cm³/mol. The van der Waals surface area contributed by atoms with Crippen molar-refractivity contribution < 1.29 is 12.9 Å². The standard InChI is InChI=1S/C9H8BF3N/c1-14-6-8(10(11,12)13)7-4-2-3-5-9(7)14/h2-6H,1H3/q-1. The van der Waals surface area contributed by atoms with E-state index >= 15 is 0 Å². The molecule has 1 heterocycles. The SMILES string of the molecule is Cn1cc([B-](F)(F)F)c2ccccc21. The fraction of sp³-hybridized carbons (Fsp3) is 0.111. The van der Waals surface area contributed by atoms with Crippen molar-refractivity contribution in [2.24, 2.45) is 7.05 Å². The molecule has 5 heteroatoms. The maximum absolute atomic E-state index is 12.6. The predicted octanol–water partition coefficient (Wildman–Crippen LogP) is 2.23. The molecule has 0 saturated carbocycles. The van der Waals surface area contributed by atoms with Crippen LogP contribution in [0, 0.1) is 0 Å². The van der Waals surface area contributed by atoms with Gasteiger partial charge in [0.2, 0.25) is 0 Å². The fourth-order valence-corrected chi connectivity index (χ4v) is 1.63. The third kappa shape index (κ3) is 1.29. The van der Waals surface area contributed by atoms with Gasteiger partial charge in [-0.3, -0.25) is 0 Å². The fourth-order valence-electron chi connectivity index (χ4n) is 1.63. The summed E-state index contributed by atoms with van der Waals surface area (Å²) in [5.74, 6) is 0. The number of halogens is 3. The van der Waals surface area contributed by atoms with E-state index in [1.165, 1.54) is 10.6 Å². The molecule has 0 aliphatic rings. The summed E-state index contributed by atoms with van der Waals surface area (Å²) in [7, 11) is 1.62. The van der Waals surface area contributed by atoms with Crippen molar-refractivity contribution in [3.05, 3.63) is 30.5 Å². The molecule has 0 unspecified atom stereocenters. The Bertz CT molecular complexity index is 472. The van der Waals surface area contributed by atoms with E-state index in [1.54, 1.807) is 25.2 Å². The van der Waals surface area contributed by atoms with Crippen molar-refractivity contribution in [1.29, 1.82) is 0 Å². The molecule has 14 heavy (non-hydrogen) atoms. The van der Waals surface area contributed by atoms with Crippen molar-refractivity contribution in [3.63, 3.8) is 0 Å². The van der Waals surface area contributed by atoms with Crippen LogP contribution in [0.3, 0.4) is 0 Å². The van der Waals surface area contributed by atoms with Crippen LogP contribution in [0.5, 0.6) is 0 Å². The number of benzene rings is 1. The smallest absolute Gasteiger partial charge is 0.445 e. The molecule has 0 bridgehead atoms. The number of aryl methyl sites for hydroxylation is 1. The van der Waals surface area contributed by atoms with Crippen molar-refractivity contribution in [1.82, 2.24) is 4.57 Å². The average molecular weight is 198 g/mol. The molecule has 0 radical (unpaired) electrons. The maximum atomic E-state index is 12.6. The summed E-state index contributed by atoms with van der Waals surface area (Å²) >= 11 is 0. The third-order valence-electron chi connectivity index (χ3n) is 2.28. The minimum Gasteiger partial charge on any atom is -0.445 e. The first kappa shape index (κ1) is 9.18. The highest BCUT2D eigenvalue weighted by Crippen LogP contribution is 2.18. The topological polar surface area (TPSA) is 4.93 Å². The molecule has 0 aliphatic heterocycles. The highest BCUT2D eigenvalue weighted by Gasteiger charge is 2.28. The van der Waals surface area contributed by atoms with Gasteiger partial charge in [-0.1, -0.05) is 23.7 Å². The van der Waals surface area contributed by atoms with E-state index in [1.807, 2.05) is 0 Å². The van der Waals surface area contributed by atoms with Gasteiger partial charge in [-0.2, -0.15) is 0 Å². The van der Waals surface area contributed by atoms with Crippen LogP contribution in [-0.2, 0) is 7.05 Å². The first-order chi connectivity index (χ1) is 6.50. The molecule has 0 fully saturated rings. The van der Waals surface area contributed by atoms with Crippen LogP contribution in [-0.4, -0.2) is 11.5 Å². The monoisotopic (exact) mass is 198 g/mol. The Labute approximate surface area is 79.2 Å². The van der Waals surface area contributed by atoms with Crippen LogP contribution < -0.4 is 5.46 Å². The Morgan fingerprint density at radius 2 is 1.79 bits per heavy atom. The first-order valence-electron chi connectivity index (χ1n) is 4.24. The molecule has 0 saturated heterocycles. The van der Waals surface area contributed by atoms with E-state index < -0.39 is 12.4 Å². The van der Waals surface area contributed by atoms with Gasteiger partial charge >= 0.3 is 6.98 Å². The number of rotatable bonds is 1. The largest absolute Gasteiger partial charge is 0.511 e. The molecule has 0 spiro atoms. The summed E-state index contributed by atoms with van der Waals surface area (Å²) in [6.07, 6.45) is 1.14. The van der Waals surface area contributed by atoms with Crippen LogP contribution in [0.15, 0.2) is 30.5 Å². The van der Waals surface area contributed by atoms with Gasteiger partial charge in [-0.25, -0.2) is 0 Å². The molecule has 0 amide bonds. The van der Waals surface area contributed by atoms with Gasteiger partial charge in [-0.15, -0.1) is 0 Å². The lowest BCUT2D eigenvalue weighted by molar-refractivity contribution is 0.501. The highest BCUT2D eigenvalue weighted by atomic mass is 19.4. The minimum absolute atomic E-state index is 0.280. The number of hydrogen-bond donors (Lipinski definition) is 0. The summed E-state index contributed by atoms with van der Waals surface area (Å²) in [6.45, 7) is -4.92. The van der Waals surface area contributed by atoms with E-state index in [-0.39, 0.29) is 5.39 Å². The Morgan fingerprint density at radius 3 is 2.43 bits per heavy atom. The molecule has 74 valence electrons. The van der Waals surface area contributed by atoms with Crippen molar-refractivity contribution in [2.75, 3.05) is 0 Å². The van der Waals surface area contributed by atoms with Gasteiger partial charge in [-0.05, 0) is 17.6 Å². The minimum atomic E-state index is -4.92. The third-order valence-corrected chi connectivity index (χ3v) is 2.28. The summed E-state index contributed by atoms with van der Waals surface area (Å²) in [6, 6.07) is 6.53. The average Bonchev–Trinajstić information content (AvgIpc) is 2.44. The van der Waals surface area contributed by atoms with Crippen LogP contribution in [0.1, 0.15) is 0 Å². The lowest BCUT2D eigenvalue weighted by Crippen LogP contribution is -2.33. The van der Waals surface area contributed by atoms with E-state index in [4.69, 9.17) is 0 Å². The molecular weight excluding hydrogens is 190 g/mol. The Balaban J connectivity index is 2.80. The molecule has 1 aromatic carbocycles. The molecule has 2 rings (SSSR count). The number of nitrogens with zero attached hydrogens (tertiary/aromatic N) is 1. The zero-order valence-corrected chi connectivity index (χ0v) is 7.55. The Kier molecular flexibility index (Phi) is 1.84. The van der Waals surface area contributed by atoms with Crippen molar-refractivity contribution >= 4 is 23.3 Å². The number of para-hydroxylation sites is 1. The van der Waals surface area contributed by atoms with Crippen molar-refractivity contribution in [3.8, 4) is 0 Å². The maximum Gasteiger partial charge on any atom is 0.511 e. The lowest BCUT2D eigenvalue weighted by atomic mass is 9.80. The molecule has 0 N–H and O–H groups in total. The van der Waals surface area contributed by atoms with E-state index in [0.29, 0.717) is 5.52 Å². The number of aromatic nitrogens is 1. The second-order valence-corrected chi connectivity index (χ2v) is 3.29. The summed E-state index contributed by atoms with van der Waals surface area (Å²) in [5.41, 5.74) is 0.102. The zero-order chi connectivity index (χ0) is 10.3. The molecule has 1 aromatic heterocycles. The highest BCUT2D eigenvalue weighted by molar-refractivity contribution is 6.76. The zero-order valence-electron chi connectivity index (χ0n) is 7.55. The Hall–Kier alpha value is -1.39. The van der Waals surface area contributed by atoms with Crippen LogP contribution in [0.4, 0.5) is 12.9 Å². The second-order valence-electron chi connectivity index (χ2n) is 3.29. The molecule has 2 aromatic rings. The normalized spacial score (nSPS) is 12.3. The van der Waals surface area contributed by atoms with Gasteiger partial charge in [0.05, 0.1) is 0 Å². The van der Waals surface area contributed by atoms with Gasteiger partial charge < -0.3 is 17.5 Å². The van der Waals surface area contributed by atoms with Crippen molar-refractivity contribution in [2.45, 2.75) is 0 Å². The van der Waals surface area contributed by atoms with E-state index in [2.05, 4.69) is 0 Å². The summed E-state index contributed by atoms with van der Waals surface area (Å²) in [4.78, 5) is 0. The number of hydrogen-bond acceptors (Lipinski definition) is 0. The summed E-state index contributed by atoms with van der Waals surface area (Å²) in [5, 5.41) is 0.280. The number of fused-ring (bicyclic) bond motifs is 1. The van der Waals surface area contributed by atoms with Crippen LogP contribution >= 0.6 is 0 Å². The van der Waals surface area contributed by atoms with Gasteiger partial charge in [0.1, 0.15) is 0 Å². The molecular formula is C9H8BF3N-. The first-order valence-corrected chi connectivity index (χ1v) is 4.24. The summed E-state index contributed by atoms with van der Waals surface area (Å²) < 4.78 is 39.2. The molecule has 0 aliphatic carbocycles. The van der Waals surface area contributed by atoms with Gasteiger partial charge in [0.25, 0.3) is 0 Å². The van der Waals surface area contributed by atoms with Gasteiger partial charge in [0.15, 0.2) is 0 Å². The quantitative estimate of drug-likeness (QED) is 0.619. The molecule has 1 nitrogen and oxygen atoms in total. The van der Waals surface area contributed by atoms with Crippen LogP contribution in [0.25, 0.3) is 10.9 Å². The lowest BCUT2D eigenvalue weighted by Gasteiger charge is -2.12. The van der Waals surface area contributed by atoms with Crippen LogP contribution in [0.2, 0.25) is 0 Å². The Morgan fingerprint density at radius 1 is 1.14 bits per heavy atom. The van der Waals surface area contributed by atoms with E-state index in [9.17, 15) is 12.9 Å².